The number of ketones is 1. The number of Topliss-reactive ketones (excluding diaryl/α,β-unsaturated/α-hetero) is 1. The van der Waals surface area contributed by atoms with Gasteiger partial charge in [-0.15, -0.1) is 0 Å². The van der Waals surface area contributed by atoms with E-state index in [0.717, 1.165) is 0 Å². The van der Waals surface area contributed by atoms with Gasteiger partial charge >= 0.3 is 0 Å². The molecule has 0 aromatic heterocycles. The van der Waals surface area contributed by atoms with Gasteiger partial charge in [0.25, 0.3) is 0 Å². The van der Waals surface area contributed by atoms with E-state index in [0.29, 0.717) is 31.5 Å². The zero-order valence-corrected chi connectivity index (χ0v) is 16.4. The summed E-state index contributed by atoms with van der Waals surface area (Å²) >= 11 is 0. The lowest BCUT2D eigenvalue weighted by atomic mass is 9.88. The molecule has 0 saturated carbocycles. The highest BCUT2D eigenvalue weighted by molar-refractivity contribution is 5.98. The number of amides is 1. The van der Waals surface area contributed by atoms with Crippen molar-refractivity contribution >= 4 is 17.4 Å². The first kappa shape index (κ1) is 22.7. The van der Waals surface area contributed by atoms with Gasteiger partial charge in [0.2, 0.25) is 11.7 Å². The maximum absolute atomic E-state index is 13.8. The van der Waals surface area contributed by atoms with E-state index in [-0.39, 0.29) is 17.5 Å². The molecule has 1 fully saturated rings. The molecule has 31 heavy (non-hydrogen) atoms. The molecular weight excluding hydrogens is 423 g/mol. The van der Waals surface area contributed by atoms with Gasteiger partial charge in [0.1, 0.15) is 11.4 Å². The average molecular weight is 442 g/mol. The van der Waals surface area contributed by atoms with E-state index in [1.807, 2.05) is 0 Å². The molecule has 1 heterocycles. The fourth-order valence-corrected chi connectivity index (χ4v) is 3.52. The van der Waals surface area contributed by atoms with Gasteiger partial charge in [0, 0.05) is 11.5 Å². The van der Waals surface area contributed by atoms with Gasteiger partial charge in [0.15, 0.2) is 29.1 Å². The number of hydrogen-bond donors (Lipinski definition) is 2. The van der Waals surface area contributed by atoms with Crippen LogP contribution in [0.15, 0.2) is 24.3 Å². The van der Waals surface area contributed by atoms with E-state index < -0.39 is 46.7 Å². The second-order valence-electron chi connectivity index (χ2n) is 7.33. The average Bonchev–Trinajstić information content (AvgIpc) is 2.78. The second kappa shape index (κ2) is 9.01. The predicted octanol–water partition coefficient (Wildman–Crippen LogP) is 4.01. The molecule has 2 aromatic carbocycles. The maximum Gasteiger partial charge on any atom is 0.241 e. The number of piperidine rings is 1. The lowest BCUT2D eigenvalue weighted by molar-refractivity contribution is -0.121. The summed E-state index contributed by atoms with van der Waals surface area (Å²) in [5, 5.41) is 11.1. The number of aromatic hydroxyl groups is 1. The van der Waals surface area contributed by atoms with Crippen molar-refractivity contribution in [2.24, 2.45) is 5.92 Å². The fourth-order valence-electron chi connectivity index (χ4n) is 3.52. The number of anilines is 1. The van der Waals surface area contributed by atoms with Crippen LogP contribution in [-0.2, 0) is 4.79 Å². The van der Waals surface area contributed by atoms with Crippen molar-refractivity contribution < 1.29 is 36.6 Å². The first-order valence-corrected chi connectivity index (χ1v) is 9.51. The van der Waals surface area contributed by atoms with E-state index in [9.17, 15) is 36.6 Å². The van der Waals surface area contributed by atoms with E-state index in [2.05, 4.69) is 0 Å². The highest BCUT2D eigenvalue weighted by Gasteiger charge is 2.32. The second-order valence-corrected chi connectivity index (χ2v) is 7.33. The van der Waals surface area contributed by atoms with Gasteiger partial charge < -0.3 is 10.4 Å². The van der Waals surface area contributed by atoms with Crippen LogP contribution in [0.4, 0.5) is 27.6 Å². The standard InChI is InChI=1S/C21H19F5N2O3/c1-10(21(31)27-19-17(25)15(23)14(22)16(24)18(19)26)28-8-6-12(7-9-28)20(30)11-2-4-13(29)5-3-11/h2-5,10,12,29H,6-9H2,1H3,(H,27,31). The summed E-state index contributed by atoms with van der Waals surface area (Å²) in [7, 11) is 0. The summed E-state index contributed by atoms with van der Waals surface area (Å²) in [4.78, 5) is 26.6. The van der Waals surface area contributed by atoms with E-state index in [4.69, 9.17) is 0 Å². The fraction of sp³-hybridized carbons (Fsp3) is 0.333. The Morgan fingerprint density at radius 2 is 1.42 bits per heavy atom. The smallest absolute Gasteiger partial charge is 0.241 e. The molecule has 1 aliphatic heterocycles. The number of hydrogen-bond acceptors (Lipinski definition) is 4. The summed E-state index contributed by atoms with van der Waals surface area (Å²) in [5.74, 6) is -12.1. The highest BCUT2D eigenvalue weighted by Crippen LogP contribution is 2.28. The Bertz CT molecular complexity index is 976. The Kier molecular flexibility index (Phi) is 6.59. The number of carbonyl (C=O) groups is 2. The summed E-state index contributed by atoms with van der Waals surface area (Å²) in [6.07, 6.45) is 0.833. The minimum atomic E-state index is -2.30. The molecule has 0 aliphatic carbocycles. The summed E-state index contributed by atoms with van der Waals surface area (Å²) in [5.41, 5.74) is -0.945. The van der Waals surface area contributed by atoms with Crippen molar-refractivity contribution in [3.63, 3.8) is 0 Å². The number of halogens is 5. The predicted molar refractivity (Wildman–Crippen MR) is 101 cm³/mol. The lowest BCUT2D eigenvalue weighted by Crippen LogP contribution is -2.47. The van der Waals surface area contributed by atoms with Crippen LogP contribution in [0.3, 0.4) is 0 Å². The monoisotopic (exact) mass is 442 g/mol. The third kappa shape index (κ3) is 4.53. The number of benzene rings is 2. The third-order valence-corrected chi connectivity index (χ3v) is 5.44. The molecule has 1 atom stereocenters. The molecule has 5 nitrogen and oxygen atoms in total. The Hall–Kier alpha value is -3.01. The zero-order valence-electron chi connectivity index (χ0n) is 16.4. The molecule has 0 bridgehead atoms. The minimum Gasteiger partial charge on any atom is -0.508 e. The maximum atomic E-state index is 13.8. The number of phenols is 1. The van der Waals surface area contributed by atoms with Crippen molar-refractivity contribution in [2.75, 3.05) is 18.4 Å². The molecular formula is C21H19F5N2O3. The molecule has 1 saturated heterocycles. The first-order valence-electron chi connectivity index (χ1n) is 9.51. The van der Waals surface area contributed by atoms with E-state index in [1.54, 1.807) is 10.2 Å². The highest BCUT2D eigenvalue weighted by atomic mass is 19.2. The van der Waals surface area contributed by atoms with Crippen molar-refractivity contribution in [3.05, 3.63) is 58.9 Å². The Labute approximate surface area is 174 Å². The van der Waals surface area contributed by atoms with Crippen molar-refractivity contribution in [3.8, 4) is 5.75 Å². The molecule has 2 N–H and O–H groups in total. The molecule has 1 aliphatic rings. The molecule has 1 unspecified atom stereocenters. The normalized spacial score (nSPS) is 16.2. The van der Waals surface area contributed by atoms with Crippen LogP contribution >= 0.6 is 0 Å². The van der Waals surface area contributed by atoms with Gasteiger partial charge in [-0.3, -0.25) is 14.5 Å². The van der Waals surface area contributed by atoms with Crippen LogP contribution in [0, 0.1) is 35.0 Å². The van der Waals surface area contributed by atoms with Gasteiger partial charge in [-0.2, -0.15) is 0 Å². The molecule has 1 amide bonds. The topological polar surface area (TPSA) is 69.6 Å². The minimum absolute atomic E-state index is 0.0417. The molecule has 3 rings (SSSR count). The Balaban J connectivity index is 1.63. The van der Waals surface area contributed by atoms with Gasteiger partial charge in [-0.25, -0.2) is 22.0 Å². The van der Waals surface area contributed by atoms with E-state index >= 15 is 0 Å². The number of nitrogens with zero attached hydrogens (tertiary/aromatic N) is 1. The van der Waals surface area contributed by atoms with Crippen molar-refractivity contribution in [1.29, 1.82) is 0 Å². The van der Waals surface area contributed by atoms with Crippen LogP contribution < -0.4 is 5.32 Å². The number of nitrogens with one attached hydrogen (secondary N) is 1. The molecule has 166 valence electrons. The van der Waals surface area contributed by atoms with Crippen molar-refractivity contribution in [2.45, 2.75) is 25.8 Å². The van der Waals surface area contributed by atoms with Gasteiger partial charge in [-0.05, 0) is 57.1 Å². The van der Waals surface area contributed by atoms with Crippen LogP contribution in [-0.4, -0.2) is 40.8 Å². The van der Waals surface area contributed by atoms with Crippen molar-refractivity contribution in [1.82, 2.24) is 4.90 Å². The molecule has 0 spiro atoms. The van der Waals surface area contributed by atoms with Crippen LogP contribution in [0.25, 0.3) is 0 Å². The first-order chi connectivity index (χ1) is 14.6. The molecule has 10 heteroatoms. The Morgan fingerprint density at radius 3 is 1.94 bits per heavy atom. The number of phenolic OH excluding ortho intramolecular Hbond substituents is 1. The van der Waals surface area contributed by atoms with Gasteiger partial charge in [-0.1, -0.05) is 0 Å². The summed E-state index contributed by atoms with van der Waals surface area (Å²) in [6.45, 7) is 2.07. The largest absolute Gasteiger partial charge is 0.508 e. The summed E-state index contributed by atoms with van der Waals surface area (Å²) < 4.78 is 67.4. The quantitative estimate of drug-likeness (QED) is 0.318. The zero-order chi connectivity index (χ0) is 22.9. The number of rotatable bonds is 5. The van der Waals surface area contributed by atoms with Crippen LogP contribution in [0.2, 0.25) is 0 Å². The lowest BCUT2D eigenvalue weighted by Gasteiger charge is -2.34. The van der Waals surface area contributed by atoms with E-state index in [1.165, 1.54) is 31.2 Å². The Morgan fingerprint density at radius 1 is 0.935 bits per heavy atom. The SMILES string of the molecule is CC(C(=O)Nc1c(F)c(F)c(F)c(F)c1F)N1CCC(C(=O)c2ccc(O)cc2)CC1. The van der Waals surface area contributed by atoms with Crippen LogP contribution in [0.5, 0.6) is 5.75 Å². The number of carbonyl (C=O) groups excluding carboxylic acids is 2. The summed E-state index contributed by atoms with van der Waals surface area (Å²) in [6, 6.07) is 4.93. The number of likely N-dealkylation sites (tertiary alicyclic amines) is 1. The molecule has 0 radical (unpaired) electrons. The van der Waals surface area contributed by atoms with Crippen LogP contribution in [0.1, 0.15) is 30.1 Å². The van der Waals surface area contributed by atoms with Gasteiger partial charge in [0.05, 0.1) is 6.04 Å². The third-order valence-electron chi connectivity index (χ3n) is 5.44. The molecule has 2 aromatic rings.